The highest BCUT2D eigenvalue weighted by Gasteiger charge is 2.15. The first-order chi connectivity index (χ1) is 16.2. The highest BCUT2D eigenvalue weighted by atomic mass is 16.2. The van der Waals surface area contributed by atoms with Crippen LogP contribution in [0.2, 0.25) is 0 Å². The standard InChI is InChI=1S/C25H22N6O2/c32-24(27-28-25(33)22-14-13-18-7-4-8-21(18)15-22)20-11-9-17(10-12-20)16-31-29-23(26-30-31)19-5-2-1-3-6-19/h1-3,5-6,9-15H,4,7-8,16H2,(H,27,32)(H,28,33). The molecule has 2 N–H and O–H groups in total. The molecule has 0 spiro atoms. The van der Waals surface area contributed by atoms with Gasteiger partial charge < -0.3 is 0 Å². The topological polar surface area (TPSA) is 102 Å². The fraction of sp³-hybridized carbons (Fsp3) is 0.160. The minimum Gasteiger partial charge on any atom is -0.267 e. The van der Waals surface area contributed by atoms with E-state index in [1.165, 1.54) is 15.9 Å². The van der Waals surface area contributed by atoms with Crippen LogP contribution >= 0.6 is 0 Å². The molecule has 0 fully saturated rings. The molecule has 1 aliphatic carbocycles. The summed E-state index contributed by atoms with van der Waals surface area (Å²) < 4.78 is 0. The molecular weight excluding hydrogens is 416 g/mol. The number of aryl methyl sites for hydroxylation is 2. The van der Waals surface area contributed by atoms with E-state index >= 15 is 0 Å². The van der Waals surface area contributed by atoms with Gasteiger partial charge in [-0.1, -0.05) is 48.5 Å². The molecule has 33 heavy (non-hydrogen) atoms. The van der Waals surface area contributed by atoms with E-state index in [9.17, 15) is 9.59 Å². The van der Waals surface area contributed by atoms with Crippen LogP contribution in [0.1, 0.15) is 43.8 Å². The average molecular weight is 438 g/mol. The van der Waals surface area contributed by atoms with Crippen molar-refractivity contribution in [3.63, 3.8) is 0 Å². The summed E-state index contributed by atoms with van der Waals surface area (Å²) in [6.07, 6.45) is 3.17. The largest absolute Gasteiger partial charge is 0.269 e. The molecule has 164 valence electrons. The molecule has 2 amide bonds. The molecule has 5 rings (SSSR count). The molecule has 0 unspecified atom stereocenters. The van der Waals surface area contributed by atoms with Gasteiger partial charge in [-0.15, -0.1) is 10.2 Å². The number of hydrogen-bond donors (Lipinski definition) is 2. The Morgan fingerprint density at radius 2 is 1.52 bits per heavy atom. The van der Waals surface area contributed by atoms with Crippen LogP contribution in [-0.2, 0) is 19.4 Å². The van der Waals surface area contributed by atoms with E-state index < -0.39 is 0 Å². The van der Waals surface area contributed by atoms with Crippen molar-refractivity contribution in [2.75, 3.05) is 0 Å². The van der Waals surface area contributed by atoms with Gasteiger partial charge in [-0.2, -0.15) is 4.80 Å². The number of carbonyl (C=O) groups is 2. The quantitative estimate of drug-likeness (QED) is 0.467. The fourth-order valence-corrected chi connectivity index (χ4v) is 3.91. The van der Waals surface area contributed by atoms with Crippen molar-refractivity contribution in [3.8, 4) is 11.4 Å². The van der Waals surface area contributed by atoms with Crippen LogP contribution in [0.4, 0.5) is 0 Å². The molecular formula is C25H22N6O2. The van der Waals surface area contributed by atoms with Crippen LogP contribution in [-0.4, -0.2) is 32.0 Å². The fourth-order valence-electron chi connectivity index (χ4n) is 3.91. The minimum atomic E-state index is -0.388. The third-order valence-electron chi connectivity index (χ3n) is 5.68. The lowest BCUT2D eigenvalue weighted by molar-refractivity contribution is 0.0846. The number of nitrogens with zero attached hydrogens (tertiary/aromatic N) is 4. The lowest BCUT2D eigenvalue weighted by Gasteiger charge is -2.09. The maximum absolute atomic E-state index is 12.4. The molecule has 8 nitrogen and oxygen atoms in total. The molecule has 1 aliphatic rings. The van der Waals surface area contributed by atoms with Crippen LogP contribution < -0.4 is 10.9 Å². The molecule has 0 aliphatic heterocycles. The first-order valence-corrected chi connectivity index (χ1v) is 10.8. The Labute approximate surface area is 190 Å². The lowest BCUT2D eigenvalue weighted by Crippen LogP contribution is -2.41. The van der Waals surface area contributed by atoms with Crippen LogP contribution in [0.15, 0.2) is 72.8 Å². The zero-order valence-corrected chi connectivity index (χ0v) is 17.9. The summed E-state index contributed by atoms with van der Waals surface area (Å²) in [5.74, 6) is -0.159. The summed E-state index contributed by atoms with van der Waals surface area (Å²) in [5.41, 5.74) is 10.3. The Morgan fingerprint density at radius 1 is 0.818 bits per heavy atom. The Morgan fingerprint density at radius 3 is 2.30 bits per heavy atom. The summed E-state index contributed by atoms with van der Waals surface area (Å²) >= 11 is 0. The molecule has 1 aromatic heterocycles. The Kier molecular flexibility index (Phi) is 5.63. The van der Waals surface area contributed by atoms with Crippen molar-refractivity contribution in [2.24, 2.45) is 0 Å². The van der Waals surface area contributed by atoms with Gasteiger partial charge in [-0.05, 0) is 65.4 Å². The molecule has 0 radical (unpaired) electrons. The Balaban J connectivity index is 1.17. The normalized spacial score (nSPS) is 12.2. The van der Waals surface area contributed by atoms with Crippen molar-refractivity contribution in [1.29, 1.82) is 0 Å². The number of carbonyl (C=O) groups excluding carboxylic acids is 2. The Bertz CT molecular complexity index is 1300. The number of tetrazole rings is 1. The van der Waals surface area contributed by atoms with Crippen LogP contribution in [0.5, 0.6) is 0 Å². The lowest BCUT2D eigenvalue weighted by atomic mass is 10.1. The number of aromatic nitrogens is 4. The number of hydrogen-bond acceptors (Lipinski definition) is 5. The zero-order valence-electron chi connectivity index (χ0n) is 17.9. The van der Waals surface area contributed by atoms with Crippen molar-refractivity contribution in [2.45, 2.75) is 25.8 Å². The smallest absolute Gasteiger partial charge is 0.267 e. The average Bonchev–Trinajstić information content (AvgIpc) is 3.52. The second-order valence-electron chi connectivity index (χ2n) is 7.95. The van der Waals surface area contributed by atoms with E-state index in [0.29, 0.717) is 23.5 Å². The van der Waals surface area contributed by atoms with E-state index in [1.807, 2.05) is 54.6 Å². The van der Waals surface area contributed by atoms with Gasteiger partial charge in [0, 0.05) is 16.7 Å². The van der Waals surface area contributed by atoms with Crippen molar-refractivity contribution < 1.29 is 9.59 Å². The molecule has 0 atom stereocenters. The van der Waals surface area contributed by atoms with E-state index in [1.54, 1.807) is 18.2 Å². The third kappa shape index (κ3) is 4.64. The van der Waals surface area contributed by atoms with Gasteiger partial charge in [0.15, 0.2) is 0 Å². The highest BCUT2D eigenvalue weighted by Crippen LogP contribution is 2.22. The molecule has 0 saturated heterocycles. The van der Waals surface area contributed by atoms with Crippen molar-refractivity contribution >= 4 is 11.8 Å². The maximum Gasteiger partial charge on any atom is 0.269 e. The zero-order chi connectivity index (χ0) is 22.6. The third-order valence-corrected chi connectivity index (χ3v) is 5.68. The summed E-state index contributed by atoms with van der Waals surface area (Å²) in [5, 5.41) is 12.6. The molecule has 3 aromatic carbocycles. The second kappa shape index (κ2) is 9.04. The second-order valence-corrected chi connectivity index (χ2v) is 7.95. The van der Waals surface area contributed by atoms with E-state index in [4.69, 9.17) is 0 Å². The van der Waals surface area contributed by atoms with Crippen LogP contribution in [0.25, 0.3) is 11.4 Å². The number of rotatable bonds is 5. The predicted octanol–water partition coefficient (Wildman–Crippen LogP) is 2.95. The van der Waals surface area contributed by atoms with E-state index in [2.05, 4.69) is 26.3 Å². The SMILES string of the molecule is O=C(NNC(=O)c1ccc2c(c1)CCC2)c1ccc(Cn2nnc(-c3ccccc3)n2)cc1. The van der Waals surface area contributed by atoms with Gasteiger partial charge in [0.05, 0.1) is 6.54 Å². The Hall–Kier alpha value is -4.33. The van der Waals surface area contributed by atoms with Crippen LogP contribution in [0, 0.1) is 0 Å². The summed E-state index contributed by atoms with van der Waals surface area (Å²) in [4.78, 5) is 26.3. The van der Waals surface area contributed by atoms with Crippen LogP contribution in [0.3, 0.4) is 0 Å². The first kappa shape index (κ1) is 20.6. The van der Waals surface area contributed by atoms with Gasteiger partial charge in [0.25, 0.3) is 11.8 Å². The van der Waals surface area contributed by atoms with Gasteiger partial charge in [0.2, 0.25) is 5.82 Å². The number of fused-ring (bicyclic) bond motifs is 1. The number of nitrogens with one attached hydrogen (secondary N) is 2. The van der Waals surface area contributed by atoms with Gasteiger partial charge in [-0.25, -0.2) is 0 Å². The number of hydrazine groups is 1. The van der Waals surface area contributed by atoms with Crippen molar-refractivity contribution in [1.82, 2.24) is 31.1 Å². The van der Waals surface area contributed by atoms with Crippen molar-refractivity contribution in [3.05, 3.63) is 101 Å². The maximum atomic E-state index is 12.4. The molecule has 1 heterocycles. The summed E-state index contributed by atoms with van der Waals surface area (Å²) in [7, 11) is 0. The van der Waals surface area contributed by atoms with E-state index in [-0.39, 0.29) is 11.8 Å². The summed E-state index contributed by atoms with van der Waals surface area (Å²) in [6, 6.07) is 22.4. The molecule has 8 heteroatoms. The number of benzene rings is 3. The van der Waals surface area contributed by atoms with Gasteiger partial charge in [-0.3, -0.25) is 20.4 Å². The number of amides is 2. The van der Waals surface area contributed by atoms with E-state index in [0.717, 1.165) is 30.4 Å². The first-order valence-electron chi connectivity index (χ1n) is 10.8. The highest BCUT2D eigenvalue weighted by molar-refractivity contribution is 5.99. The van der Waals surface area contributed by atoms with Gasteiger partial charge >= 0.3 is 0 Å². The molecule has 0 saturated carbocycles. The molecule has 4 aromatic rings. The monoisotopic (exact) mass is 438 g/mol. The minimum absolute atomic E-state index is 0.332. The molecule has 0 bridgehead atoms. The predicted molar refractivity (Wildman–Crippen MR) is 122 cm³/mol. The summed E-state index contributed by atoms with van der Waals surface area (Å²) in [6.45, 7) is 0.427. The van der Waals surface area contributed by atoms with Gasteiger partial charge in [0.1, 0.15) is 0 Å².